The Balaban J connectivity index is 2.86. The first kappa shape index (κ1) is 12.1. The molecule has 1 unspecified atom stereocenters. The topological polar surface area (TPSA) is 49.3 Å². The van der Waals surface area contributed by atoms with Gasteiger partial charge in [-0.25, -0.2) is 0 Å². The number of hydrogen-bond donors (Lipinski definition) is 2. The summed E-state index contributed by atoms with van der Waals surface area (Å²) in [7, 11) is 1.76. The summed E-state index contributed by atoms with van der Waals surface area (Å²) in [5.74, 6) is -1.26. The van der Waals surface area contributed by atoms with Gasteiger partial charge in [-0.3, -0.25) is 4.79 Å². The molecule has 0 saturated heterocycles. The molecule has 1 aromatic carbocycles. The van der Waals surface area contributed by atoms with Crippen LogP contribution >= 0.6 is 11.8 Å². The summed E-state index contributed by atoms with van der Waals surface area (Å²) >= 11 is 1.65. The van der Waals surface area contributed by atoms with Crippen LogP contribution in [0, 0.1) is 0 Å². The highest BCUT2D eigenvalue weighted by atomic mass is 32.2. The van der Waals surface area contributed by atoms with Crippen LogP contribution in [-0.2, 0) is 4.79 Å². The number of carboxylic acid groups (broad SMARTS) is 1. The number of aliphatic carboxylic acids is 1. The van der Waals surface area contributed by atoms with Gasteiger partial charge in [-0.15, -0.1) is 11.8 Å². The van der Waals surface area contributed by atoms with Gasteiger partial charge in [0, 0.05) is 11.4 Å². The van der Waals surface area contributed by atoms with E-state index in [4.69, 9.17) is 5.11 Å². The van der Waals surface area contributed by atoms with Gasteiger partial charge >= 0.3 is 5.97 Å². The Kier molecular flexibility index (Phi) is 4.65. The SMILES string of the molecule is CNCC(C(=O)O)c1ccc(SC)cc1. The quantitative estimate of drug-likeness (QED) is 0.750. The lowest BCUT2D eigenvalue weighted by Gasteiger charge is -2.12. The third-order valence-corrected chi connectivity index (χ3v) is 2.97. The lowest BCUT2D eigenvalue weighted by Crippen LogP contribution is -2.23. The predicted octanol–water partition coefficient (Wildman–Crippen LogP) is 1.80. The first-order chi connectivity index (χ1) is 7.19. The lowest BCUT2D eigenvalue weighted by molar-refractivity contribution is -0.138. The monoisotopic (exact) mass is 225 g/mol. The van der Waals surface area contributed by atoms with Crippen molar-refractivity contribution in [2.45, 2.75) is 10.8 Å². The van der Waals surface area contributed by atoms with E-state index in [1.165, 1.54) is 0 Å². The number of benzene rings is 1. The molecule has 0 heterocycles. The van der Waals surface area contributed by atoms with Crippen LogP contribution in [0.5, 0.6) is 0 Å². The van der Waals surface area contributed by atoms with Gasteiger partial charge in [0.15, 0.2) is 0 Å². The fraction of sp³-hybridized carbons (Fsp3) is 0.364. The molecule has 3 nitrogen and oxygen atoms in total. The van der Waals surface area contributed by atoms with Crippen LogP contribution in [0.4, 0.5) is 0 Å². The first-order valence-electron chi connectivity index (χ1n) is 4.70. The average Bonchev–Trinajstić information content (AvgIpc) is 2.26. The van der Waals surface area contributed by atoms with Gasteiger partial charge in [-0.05, 0) is 31.0 Å². The number of rotatable bonds is 5. The molecule has 82 valence electrons. The Morgan fingerprint density at radius 1 is 1.47 bits per heavy atom. The molecule has 0 aromatic heterocycles. The molecule has 15 heavy (non-hydrogen) atoms. The van der Waals surface area contributed by atoms with Crippen molar-refractivity contribution < 1.29 is 9.90 Å². The summed E-state index contributed by atoms with van der Waals surface area (Å²) < 4.78 is 0. The van der Waals surface area contributed by atoms with Crippen LogP contribution in [-0.4, -0.2) is 30.9 Å². The van der Waals surface area contributed by atoms with Crippen LogP contribution in [0.3, 0.4) is 0 Å². The summed E-state index contributed by atoms with van der Waals surface area (Å²) in [6, 6.07) is 7.65. The third kappa shape index (κ3) is 3.25. The molecule has 1 aromatic rings. The number of carboxylic acids is 1. The zero-order valence-corrected chi connectivity index (χ0v) is 9.67. The Hall–Kier alpha value is -1.00. The molecule has 0 aliphatic rings. The molecule has 1 rings (SSSR count). The largest absolute Gasteiger partial charge is 0.481 e. The van der Waals surface area contributed by atoms with Crippen molar-refractivity contribution in [3.8, 4) is 0 Å². The maximum Gasteiger partial charge on any atom is 0.312 e. The smallest absolute Gasteiger partial charge is 0.312 e. The van der Waals surface area contributed by atoms with Crippen molar-refractivity contribution in [1.29, 1.82) is 0 Å². The summed E-state index contributed by atoms with van der Waals surface area (Å²) in [4.78, 5) is 12.1. The van der Waals surface area contributed by atoms with Gasteiger partial charge in [0.05, 0.1) is 5.92 Å². The number of thioether (sulfide) groups is 1. The fourth-order valence-corrected chi connectivity index (χ4v) is 1.80. The predicted molar refractivity (Wildman–Crippen MR) is 62.5 cm³/mol. The zero-order valence-electron chi connectivity index (χ0n) is 8.86. The normalized spacial score (nSPS) is 12.4. The standard InChI is InChI=1S/C11H15NO2S/c1-12-7-10(11(13)14)8-3-5-9(15-2)6-4-8/h3-6,10,12H,7H2,1-2H3,(H,13,14). The summed E-state index contributed by atoms with van der Waals surface area (Å²) in [6.45, 7) is 0.452. The maximum absolute atomic E-state index is 11.0. The second kappa shape index (κ2) is 5.78. The van der Waals surface area contributed by atoms with Crippen molar-refractivity contribution in [2.75, 3.05) is 19.8 Å². The van der Waals surface area contributed by atoms with E-state index < -0.39 is 11.9 Å². The maximum atomic E-state index is 11.0. The van der Waals surface area contributed by atoms with Crippen molar-refractivity contribution in [2.24, 2.45) is 0 Å². The molecule has 1 atom stereocenters. The molecule has 4 heteroatoms. The highest BCUT2D eigenvalue weighted by molar-refractivity contribution is 7.98. The first-order valence-corrected chi connectivity index (χ1v) is 5.93. The number of nitrogens with one attached hydrogen (secondary N) is 1. The van der Waals surface area contributed by atoms with Crippen LogP contribution in [0.1, 0.15) is 11.5 Å². The van der Waals surface area contributed by atoms with E-state index in [1.54, 1.807) is 18.8 Å². The van der Waals surface area contributed by atoms with Crippen molar-refractivity contribution in [3.05, 3.63) is 29.8 Å². The zero-order chi connectivity index (χ0) is 11.3. The minimum absolute atomic E-state index is 0.452. The van der Waals surface area contributed by atoms with Gasteiger partial charge in [0.2, 0.25) is 0 Å². The molecule has 0 fully saturated rings. The number of carbonyl (C=O) groups is 1. The minimum Gasteiger partial charge on any atom is -0.481 e. The van der Waals surface area contributed by atoms with Crippen molar-refractivity contribution in [3.63, 3.8) is 0 Å². The molecule has 0 bridgehead atoms. The summed E-state index contributed by atoms with van der Waals surface area (Å²) in [5.41, 5.74) is 0.842. The fourth-order valence-electron chi connectivity index (χ4n) is 1.39. The highest BCUT2D eigenvalue weighted by Crippen LogP contribution is 2.20. The van der Waals surface area contributed by atoms with Crippen LogP contribution in [0.15, 0.2) is 29.2 Å². The minimum atomic E-state index is -0.791. The van der Waals surface area contributed by atoms with E-state index in [0.29, 0.717) is 6.54 Å². The van der Waals surface area contributed by atoms with E-state index >= 15 is 0 Å². The Labute approximate surface area is 93.9 Å². The summed E-state index contributed by atoms with van der Waals surface area (Å²) in [6.07, 6.45) is 2.00. The Morgan fingerprint density at radius 3 is 2.47 bits per heavy atom. The van der Waals surface area contributed by atoms with Crippen molar-refractivity contribution in [1.82, 2.24) is 5.32 Å². The average molecular weight is 225 g/mol. The van der Waals surface area contributed by atoms with Gasteiger partial charge in [0.25, 0.3) is 0 Å². The Morgan fingerprint density at radius 2 is 2.07 bits per heavy atom. The molecule has 0 aliphatic carbocycles. The van der Waals surface area contributed by atoms with Gasteiger partial charge in [-0.2, -0.15) is 0 Å². The molecular formula is C11H15NO2S. The number of hydrogen-bond acceptors (Lipinski definition) is 3. The van der Waals surface area contributed by atoms with E-state index in [-0.39, 0.29) is 0 Å². The third-order valence-electron chi connectivity index (χ3n) is 2.22. The lowest BCUT2D eigenvalue weighted by atomic mass is 9.99. The number of likely N-dealkylation sites (N-methyl/N-ethyl adjacent to an activating group) is 1. The Bertz CT molecular complexity index is 324. The van der Waals surface area contributed by atoms with Crippen LogP contribution in [0.2, 0.25) is 0 Å². The molecule has 0 amide bonds. The van der Waals surface area contributed by atoms with Gasteiger partial charge in [-0.1, -0.05) is 12.1 Å². The molecular weight excluding hydrogens is 210 g/mol. The van der Waals surface area contributed by atoms with E-state index in [2.05, 4.69) is 5.32 Å². The second-order valence-corrected chi connectivity index (χ2v) is 4.10. The molecule has 0 spiro atoms. The van der Waals surface area contributed by atoms with E-state index in [0.717, 1.165) is 10.5 Å². The second-order valence-electron chi connectivity index (χ2n) is 3.22. The van der Waals surface area contributed by atoms with Crippen molar-refractivity contribution >= 4 is 17.7 Å². The highest BCUT2D eigenvalue weighted by Gasteiger charge is 2.18. The van der Waals surface area contributed by atoms with E-state index in [1.807, 2.05) is 30.5 Å². The van der Waals surface area contributed by atoms with Gasteiger partial charge in [0.1, 0.15) is 0 Å². The molecule has 2 N–H and O–H groups in total. The molecule has 0 saturated carbocycles. The van der Waals surface area contributed by atoms with Gasteiger partial charge < -0.3 is 10.4 Å². The summed E-state index contributed by atoms with van der Waals surface area (Å²) in [5, 5.41) is 11.9. The molecule has 0 radical (unpaired) electrons. The van der Waals surface area contributed by atoms with Crippen LogP contribution in [0.25, 0.3) is 0 Å². The van der Waals surface area contributed by atoms with E-state index in [9.17, 15) is 4.79 Å². The molecule has 0 aliphatic heterocycles. The van der Waals surface area contributed by atoms with Crippen LogP contribution < -0.4 is 5.32 Å².